The maximum absolute atomic E-state index is 12.4. The number of nitrogens with zero attached hydrogens (tertiary/aromatic N) is 1. The zero-order chi connectivity index (χ0) is 15.4. The van der Waals surface area contributed by atoms with Gasteiger partial charge in [-0.05, 0) is 55.9 Å². The van der Waals surface area contributed by atoms with Crippen molar-refractivity contribution in [1.29, 1.82) is 0 Å². The molecule has 1 aliphatic heterocycles. The highest BCUT2D eigenvalue weighted by atomic mass is 32.1. The van der Waals surface area contributed by atoms with Crippen LogP contribution in [0.1, 0.15) is 39.7 Å². The molecule has 1 aromatic heterocycles. The predicted molar refractivity (Wildman–Crippen MR) is 91.4 cm³/mol. The van der Waals surface area contributed by atoms with E-state index in [4.69, 9.17) is 0 Å². The lowest BCUT2D eigenvalue weighted by Gasteiger charge is -2.27. The van der Waals surface area contributed by atoms with E-state index in [-0.39, 0.29) is 5.91 Å². The van der Waals surface area contributed by atoms with E-state index in [1.165, 1.54) is 17.7 Å². The van der Waals surface area contributed by atoms with E-state index >= 15 is 0 Å². The van der Waals surface area contributed by atoms with Crippen LogP contribution in [-0.2, 0) is 0 Å². The summed E-state index contributed by atoms with van der Waals surface area (Å²) in [7, 11) is 0. The Balaban J connectivity index is 1.69. The molecule has 1 saturated heterocycles. The lowest BCUT2D eigenvalue weighted by Crippen LogP contribution is -2.36. The Morgan fingerprint density at radius 3 is 2.68 bits per heavy atom. The van der Waals surface area contributed by atoms with Gasteiger partial charge in [0.25, 0.3) is 5.91 Å². The molecule has 22 heavy (non-hydrogen) atoms. The van der Waals surface area contributed by atoms with Gasteiger partial charge in [-0.3, -0.25) is 9.69 Å². The minimum absolute atomic E-state index is 0.0267. The van der Waals surface area contributed by atoms with Crippen LogP contribution in [0.3, 0.4) is 0 Å². The summed E-state index contributed by atoms with van der Waals surface area (Å²) in [4.78, 5) is 16.3. The van der Waals surface area contributed by atoms with Crippen molar-refractivity contribution < 1.29 is 4.79 Å². The monoisotopic (exact) mass is 314 g/mol. The SMILES string of the molecule is Cc1ccccc1C(=O)NC[C@@H](c1cccs1)N1CCCC1. The first-order valence-corrected chi connectivity index (χ1v) is 8.75. The van der Waals surface area contributed by atoms with Crippen LogP contribution in [0.5, 0.6) is 0 Å². The Kier molecular flexibility index (Phi) is 4.90. The van der Waals surface area contributed by atoms with Crippen LogP contribution in [0.15, 0.2) is 41.8 Å². The fraction of sp³-hybridized carbons (Fsp3) is 0.389. The molecular weight excluding hydrogens is 292 g/mol. The molecule has 1 aliphatic rings. The number of hydrogen-bond acceptors (Lipinski definition) is 3. The molecule has 2 aromatic rings. The van der Waals surface area contributed by atoms with Crippen molar-refractivity contribution >= 4 is 17.2 Å². The number of carbonyl (C=O) groups is 1. The highest BCUT2D eigenvalue weighted by Gasteiger charge is 2.24. The van der Waals surface area contributed by atoms with Crippen LogP contribution < -0.4 is 5.32 Å². The van der Waals surface area contributed by atoms with Gasteiger partial charge in [0.05, 0.1) is 6.04 Å². The molecule has 1 N–H and O–H groups in total. The zero-order valence-electron chi connectivity index (χ0n) is 12.9. The average molecular weight is 314 g/mol. The van der Waals surface area contributed by atoms with Crippen LogP contribution in [0, 0.1) is 6.92 Å². The summed E-state index contributed by atoms with van der Waals surface area (Å²) in [6.45, 7) is 4.91. The first-order chi connectivity index (χ1) is 10.8. The summed E-state index contributed by atoms with van der Waals surface area (Å²) in [5, 5.41) is 5.24. The van der Waals surface area contributed by atoms with Crippen molar-refractivity contribution in [1.82, 2.24) is 10.2 Å². The molecule has 1 amide bonds. The Labute approximate surface area is 136 Å². The van der Waals surface area contributed by atoms with Crippen LogP contribution in [0.4, 0.5) is 0 Å². The van der Waals surface area contributed by atoms with Crippen molar-refractivity contribution in [3.63, 3.8) is 0 Å². The number of aryl methyl sites for hydroxylation is 1. The molecule has 0 bridgehead atoms. The second-order valence-electron chi connectivity index (χ2n) is 5.80. The third-order valence-corrected chi connectivity index (χ3v) is 5.27. The van der Waals surface area contributed by atoms with Crippen molar-refractivity contribution in [3.05, 3.63) is 57.8 Å². The summed E-state index contributed by atoms with van der Waals surface area (Å²) in [6, 6.07) is 12.3. The summed E-state index contributed by atoms with van der Waals surface area (Å²) in [5.74, 6) is 0.0267. The van der Waals surface area contributed by atoms with Crippen molar-refractivity contribution in [2.45, 2.75) is 25.8 Å². The number of rotatable bonds is 5. The van der Waals surface area contributed by atoms with Gasteiger partial charge in [-0.15, -0.1) is 11.3 Å². The number of carbonyl (C=O) groups excluding carboxylic acids is 1. The number of amides is 1. The van der Waals surface area contributed by atoms with E-state index in [1.54, 1.807) is 11.3 Å². The second-order valence-corrected chi connectivity index (χ2v) is 6.78. The number of nitrogens with one attached hydrogen (secondary N) is 1. The largest absolute Gasteiger partial charge is 0.350 e. The van der Waals surface area contributed by atoms with E-state index < -0.39 is 0 Å². The Bertz CT molecular complexity index is 618. The fourth-order valence-corrected chi connectivity index (χ4v) is 3.92. The summed E-state index contributed by atoms with van der Waals surface area (Å²) in [5.41, 5.74) is 1.79. The van der Waals surface area contributed by atoms with Crippen LogP contribution in [-0.4, -0.2) is 30.4 Å². The lowest BCUT2D eigenvalue weighted by atomic mass is 10.1. The quantitative estimate of drug-likeness (QED) is 0.914. The predicted octanol–water partition coefficient (Wildman–Crippen LogP) is 3.62. The zero-order valence-corrected chi connectivity index (χ0v) is 13.7. The van der Waals surface area contributed by atoms with Crippen molar-refractivity contribution in [2.24, 2.45) is 0 Å². The molecule has 0 spiro atoms. The molecule has 1 aromatic carbocycles. The van der Waals surface area contributed by atoms with E-state index in [2.05, 4.69) is 27.7 Å². The minimum Gasteiger partial charge on any atom is -0.350 e. The van der Waals surface area contributed by atoms with Gasteiger partial charge in [0.1, 0.15) is 0 Å². The molecule has 0 saturated carbocycles. The van der Waals surface area contributed by atoms with Gasteiger partial charge in [0, 0.05) is 17.0 Å². The number of thiophene rings is 1. The average Bonchev–Trinajstić information content (AvgIpc) is 3.21. The Hall–Kier alpha value is -1.65. The van der Waals surface area contributed by atoms with E-state index in [9.17, 15) is 4.79 Å². The maximum atomic E-state index is 12.4. The topological polar surface area (TPSA) is 32.3 Å². The first kappa shape index (κ1) is 15.3. The van der Waals surface area contributed by atoms with Crippen molar-refractivity contribution in [3.8, 4) is 0 Å². The first-order valence-electron chi connectivity index (χ1n) is 7.87. The standard InChI is InChI=1S/C18H22N2OS/c1-14-7-2-3-8-15(14)18(21)19-13-16(17-9-6-12-22-17)20-10-4-5-11-20/h2-3,6-9,12,16H,4-5,10-11,13H2,1H3,(H,19,21)/t16-/m0/s1. The fourth-order valence-electron chi connectivity index (χ4n) is 3.06. The smallest absolute Gasteiger partial charge is 0.251 e. The molecule has 3 nitrogen and oxygen atoms in total. The molecule has 0 aliphatic carbocycles. The van der Waals surface area contributed by atoms with Gasteiger partial charge in [-0.25, -0.2) is 0 Å². The van der Waals surface area contributed by atoms with Crippen LogP contribution >= 0.6 is 11.3 Å². The van der Waals surface area contributed by atoms with Crippen LogP contribution in [0.2, 0.25) is 0 Å². The van der Waals surface area contributed by atoms with E-state index in [0.717, 1.165) is 24.2 Å². The lowest BCUT2D eigenvalue weighted by molar-refractivity contribution is 0.0938. The Morgan fingerprint density at radius 2 is 2.00 bits per heavy atom. The molecule has 1 fully saturated rings. The number of hydrogen-bond donors (Lipinski definition) is 1. The summed E-state index contributed by atoms with van der Waals surface area (Å²) >= 11 is 1.78. The molecular formula is C18H22N2OS. The van der Waals surface area contributed by atoms with Crippen LogP contribution in [0.25, 0.3) is 0 Å². The highest BCUT2D eigenvalue weighted by Crippen LogP contribution is 2.27. The number of likely N-dealkylation sites (tertiary alicyclic amines) is 1. The van der Waals surface area contributed by atoms with E-state index in [0.29, 0.717) is 12.6 Å². The Morgan fingerprint density at radius 1 is 1.23 bits per heavy atom. The molecule has 0 unspecified atom stereocenters. The summed E-state index contributed by atoms with van der Waals surface area (Å²) in [6.07, 6.45) is 2.52. The molecule has 4 heteroatoms. The van der Waals surface area contributed by atoms with Gasteiger partial charge >= 0.3 is 0 Å². The third-order valence-electron chi connectivity index (χ3n) is 4.30. The van der Waals surface area contributed by atoms with E-state index in [1.807, 2.05) is 31.2 Å². The maximum Gasteiger partial charge on any atom is 0.251 e. The van der Waals surface area contributed by atoms with Gasteiger partial charge in [0.2, 0.25) is 0 Å². The molecule has 0 radical (unpaired) electrons. The summed E-state index contributed by atoms with van der Waals surface area (Å²) < 4.78 is 0. The van der Waals surface area contributed by atoms with Gasteiger partial charge in [0.15, 0.2) is 0 Å². The van der Waals surface area contributed by atoms with Gasteiger partial charge < -0.3 is 5.32 Å². The second kappa shape index (κ2) is 7.07. The van der Waals surface area contributed by atoms with Gasteiger partial charge in [-0.2, -0.15) is 0 Å². The number of benzene rings is 1. The minimum atomic E-state index is 0.0267. The normalized spacial score (nSPS) is 16.6. The third kappa shape index (κ3) is 3.39. The molecule has 1 atom stereocenters. The van der Waals surface area contributed by atoms with Gasteiger partial charge in [-0.1, -0.05) is 24.3 Å². The highest BCUT2D eigenvalue weighted by molar-refractivity contribution is 7.10. The molecule has 116 valence electrons. The van der Waals surface area contributed by atoms with Crippen molar-refractivity contribution in [2.75, 3.05) is 19.6 Å². The molecule has 2 heterocycles. The molecule has 3 rings (SSSR count).